The molecule has 7 nitrogen and oxygen atoms in total. The first-order valence-corrected chi connectivity index (χ1v) is 9.80. The number of rotatable bonds is 4. The van der Waals surface area contributed by atoms with E-state index in [4.69, 9.17) is 4.74 Å². The Morgan fingerprint density at radius 1 is 1.26 bits per heavy atom. The summed E-state index contributed by atoms with van der Waals surface area (Å²) >= 11 is 1.26. The average Bonchev–Trinajstić information content (AvgIpc) is 2.67. The Balaban J connectivity index is 1.69. The number of likely N-dealkylation sites (tertiary alicyclic amines) is 1. The molecule has 3 rings (SSSR count). The molecule has 1 aliphatic heterocycles. The molecule has 1 saturated heterocycles. The normalized spacial score (nSPS) is 17.6. The molecule has 144 valence electrons. The fraction of sp³-hybridized carbons (Fsp3) is 0.474. The fourth-order valence-corrected chi connectivity index (χ4v) is 4.26. The van der Waals surface area contributed by atoms with Gasteiger partial charge in [0.25, 0.3) is 5.24 Å². The Kier molecular flexibility index (Phi) is 6.15. The van der Waals surface area contributed by atoms with E-state index >= 15 is 0 Å². The first-order valence-electron chi connectivity index (χ1n) is 8.99. The van der Waals surface area contributed by atoms with Gasteiger partial charge in [0.15, 0.2) is 0 Å². The molecule has 0 aromatic carbocycles. The predicted octanol–water partition coefficient (Wildman–Crippen LogP) is 3.76. The van der Waals surface area contributed by atoms with Crippen LogP contribution in [0, 0.1) is 6.92 Å². The molecule has 1 N–H and O–H groups in total. The molecule has 1 aromatic rings. The molecular formula is C19H23N3O4S. The van der Waals surface area contributed by atoms with E-state index in [2.05, 4.69) is 22.1 Å². The van der Waals surface area contributed by atoms with Crippen molar-refractivity contribution in [2.45, 2.75) is 38.5 Å². The maximum absolute atomic E-state index is 12.5. The molecular weight excluding hydrogens is 366 g/mol. The summed E-state index contributed by atoms with van der Waals surface area (Å²) in [5.41, 5.74) is 0.532. The SMILES string of the molecule is COc1nc(C)nc(C2CCN(C(=O)SC3=CCCC=C3)CC2)c1C(=O)O. The summed E-state index contributed by atoms with van der Waals surface area (Å²) in [5, 5.41) is 9.62. The van der Waals surface area contributed by atoms with Crippen LogP contribution in [0.25, 0.3) is 0 Å². The molecule has 0 atom stereocenters. The van der Waals surface area contributed by atoms with Crippen LogP contribution in [0.4, 0.5) is 4.79 Å². The van der Waals surface area contributed by atoms with Gasteiger partial charge in [0.05, 0.1) is 12.8 Å². The van der Waals surface area contributed by atoms with E-state index < -0.39 is 5.97 Å². The van der Waals surface area contributed by atoms with Crippen LogP contribution in [0.2, 0.25) is 0 Å². The highest BCUT2D eigenvalue weighted by atomic mass is 32.2. The number of ether oxygens (including phenoxy) is 1. The molecule has 0 unspecified atom stereocenters. The quantitative estimate of drug-likeness (QED) is 0.838. The standard InChI is InChI=1S/C19H23N3O4S/c1-12-20-16(15(18(23)24)17(21-12)26-2)13-8-10-22(11-9-13)19(25)27-14-6-4-3-5-7-14/h4,6-7,13H,3,5,8-11H2,1-2H3,(H,23,24). The van der Waals surface area contributed by atoms with Crippen LogP contribution in [0.3, 0.4) is 0 Å². The second-order valence-corrected chi connectivity index (χ2v) is 7.59. The van der Waals surface area contributed by atoms with Gasteiger partial charge in [-0.2, -0.15) is 4.98 Å². The van der Waals surface area contributed by atoms with Crippen molar-refractivity contribution in [1.29, 1.82) is 0 Å². The molecule has 2 heterocycles. The number of amides is 1. The number of hydrogen-bond donors (Lipinski definition) is 1. The molecule has 0 bridgehead atoms. The van der Waals surface area contributed by atoms with Crippen molar-refractivity contribution in [3.63, 3.8) is 0 Å². The smallest absolute Gasteiger partial charge is 0.343 e. The summed E-state index contributed by atoms with van der Waals surface area (Å²) in [5.74, 6) is -0.548. The number of aromatic nitrogens is 2. The molecule has 1 aliphatic carbocycles. The van der Waals surface area contributed by atoms with Crippen LogP contribution < -0.4 is 4.74 Å². The zero-order valence-corrected chi connectivity index (χ0v) is 16.3. The Labute approximate surface area is 162 Å². The van der Waals surface area contributed by atoms with E-state index in [1.165, 1.54) is 18.9 Å². The van der Waals surface area contributed by atoms with Crippen LogP contribution in [0.5, 0.6) is 5.88 Å². The number of piperidine rings is 1. The number of hydrogen-bond acceptors (Lipinski definition) is 6. The minimum Gasteiger partial charge on any atom is -0.480 e. The summed E-state index contributed by atoms with van der Waals surface area (Å²) in [6, 6.07) is 0. The maximum atomic E-state index is 12.5. The van der Waals surface area contributed by atoms with Crippen molar-refractivity contribution in [1.82, 2.24) is 14.9 Å². The molecule has 1 fully saturated rings. The van der Waals surface area contributed by atoms with Gasteiger partial charge in [-0.25, -0.2) is 9.78 Å². The van der Waals surface area contributed by atoms with Crippen LogP contribution >= 0.6 is 11.8 Å². The van der Waals surface area contributed by atoms with E-state index in [1.54, 1.807) is 6.92 Å². The lowest BCUT2D eigenvalue weighted by Crippen LogP contribution is -2.36. The zero-order chi connectivity index (χ0) is 19.4. The molecule has 27 heavy (non-hydrogen) atoms. The van der Waals surface area contributed by atoms with Gasteiger partial charge in [-0.15, -0.1) is 0 Å². The van der Waals surface area contributed by atoms with Crippen molar-refractivity contribution in [2.24, 2.45) is 0 Å². The third-order valence-corrected chi connectivity index (χ3v) is 5.70. The number of aromatic carboxylic acids is 1. The monoisotopic (exact) mass is 389 g/mol. The number of carbonyl (C=O) groups excluding carboxylic acids is 1. The number of thioether (sulfide) groups is 1. The first kappa shape index (κ1) is 19.4. The van der Waals surface area contributed by atoms with Gasteiger partial charge in [0.2, 0.25) is 5.88 Å². The number of methoxy groups -OCH3 is 1. The molecule has 0 radical (unpaired) electrons. The number of nitrogens with zero attached hydrogens (tertiary/aromatic N) is 3. The fourth-order valence-electron chi connectivity index (χ4n) is 3.38. The zero-order valence-electron chi connectivity index (χ0n) is 15.5. The van der Waals surface area contributed by atoms with Gasteiger partial charge in [0.1, 0.15) is 11.4 Å². The summed E-state index contributed by atoms with van der Waals surface area (Å²) in [6.45, 7) is 2.88. The predicted molar refractivity (Wildman–Crippen MR) is 103 cm³/mol. The van der Waals surface area contributed by atoms with Crippen LogP contribution in [0.1, 0.15) is 53.5 Å². The van der Waals surface area contributed by atoms with E-state index in [1.807, 2.05) is 11.0 Å². The van der Waals surface area contributed by atoms with Crippen molar-refractivity contribution >= 4 is 23.0 Å². The second kappa shape index (κ2) is 8.56. The molecule has 0 spiro atoms. The summed E-state index contributed by atoms with van der Waals surface area (Å²) in [7, 11) is 1.41. The van der Waals surface area contributed by atoms with Gasteiger partial charge < -0.3 is 14.7 Å². The molecule has 2 aliphatic rings. The average molecular weight is 389 g/mol. The Morgan fingerprint density at radius 3 is 2.59 bits per heavy atom. The van der Waals surface area contributed by atoms with Crippen molar-refractivity contribution < 1.29 is 19.4 Å². The lowest BCUT2D eigenvalue weighted by molar-refractivity contribution is 0.0688. The lowest BCUT2D eigenvalue weighted by atomic mass is 9.90. The van der Waals surface area contributed by atoms with Gasteiger partial charge in [-0.3, -0.25) is 4.79 Å². The highest BCUT2D eigenvalue weighted by Gasteiger charge is 2.31. The van der Waals surface area contributed by atoms with Crippen molar-refractivity contribution in [3.8, 4) is 5.88 Å². The van der Waals surface area contributed by atoms with E-state index in [0.29, 0.717) is 37.4 Å². The van der Waals surface area contributed by atoms with Crippen molar-refractivity contribution in [2.75, 3.05) is 20.2 Å². The number of carbonyl (C=O) groups is 2. The summed E-state index contributed by atoms with van der Waals surface area (Å²) in [6.07, 6.45) is 9.50. The Bertz CT molecular complexity index is 798. The lowest BCUT2D eigenvalue weighted by Gasteiger charge is -2.32. The first-order chi connectivity index (χ1) is 13.0. The van der Waals surface area contributed by atoms with Gasteiger partial charge in [-0.05, 0) is 44.4 Å². The number of allylic oxidation sites excluding steroid dienone is 3. The van der Waals surface area contributed by atoms with Crippen LogP contribution in [0.15, 0.2) is 23.1 Å². The highest BCUT2D eigenvalue weighted by Crippen LogP contribution is 2.34. The molecule has 1 amide bonds. The Morgan fingerprint density at radius 2 is 2.00 bits per heavy atom. The minimum atomic E-state index is -1.09. The molecule has 1 aromatic heterocycles. The second-order valence-electron chi connectivity index (χ2n) is 6.56. The summed E-state index contributed by atoms with van der Waals surface area (Å²) < 4.78 is 5.15. The molecule has 8 heteroatoms. The maximum Gasteiger partial charge on any atom is 0.343 e. The van der Waals surface area contributed by atoms with E-state index in [9.17, 15) is 14.7 Å². The number of aryl methyl sites for hydroxylation is 1. The largest absolute Gasteiger partial charge is 0.480 e. The van der Waals surface area contributed by atoms with Gasteiger partial charge in [-0.1, -0.05) is 18.2 Å². The molecule has 0 saturated carbocycles. The minimum absolute atomic E-state index is 0.0275. The van der Waals surface area contributed by atoms with E-state index in [-0.39, 0.29) is 22.6 Å². The third kappa shape index (κ3) is 4.50. The summed E-state index contributed by atoms with van der Waals surface area (Å²) in [4.78, 5) is 35.5. The van der Waals surface area contributed by atoms with Gasteiger partial charge in [0, 0.05) is 23.9 Å². The van der Waals surface area contributed by atoms with Gasteiger partial charge >= 0.3 is 5.97 Å². The third-order valence-electron chi connectivity index (χ3n) is 4.73. The number of carboxylic acids is 1. The van der Waals surface area contributed by atoms with Crippen molar-refractivity contribution in [3.05, 3.63) is 40.2 Å². The van der Waals surface area contributed by atoms with Crippen LogP contribution in [-0.2, 0) is 0 Å². The topological polar surface area (TPSA) is 92.6 Å². The van der Waals surface area contributed by atoms with E-state index in [0.717, 1.165) is 17.7 Å². The Hall–Kier alpha value is -2.35. The number of carboxylic acid groups (broad SMARTS) is 1. The highest BCUT2D eigenvalue weighted by molar-refractivity contribution is 8.17. The van der Waals surface area contributed by atoms with Crippen LogP contribution in [-0.4, -0.2) is 51.4 Å².